The van der Waals surface area contributed by atoms with E-state index in [-0.39, 0.29) is 5.69 Å². The maximum Gasteiger partial charge on any atom is 0.165 e. The zero-order chi connectivity index (χ0) is 13.9. The Morgan fingerprint density at radius 2 is 2.00 bits per heavy atom. The van der Waals surface area contributed by atoms with Crippen LogP contribution in [0.25, 0.3) is 10.9 Å². The number of nitrogens with zero attached hydrogens (tertiary/aromatic N) is 3. The van der Waals surface area contributed by atoms with Crippen LogP contribution >= 0.6 is 0 Å². The molecule has 0 saturated carbocycles. The van der Waals surface area contributed by atoms with E-state index in [1.54, 1.807) is 18.3 Å². The molecule has 0 atom stereocenters. The van der Waals surface area contributed by atoms with Gasteiger partial charge in [0.05, 0.1) is 11.2 Å². The molecule has 2 aromatic heterocycles. The monoisotopic (exact) mass is 261 g/mol. The number of hydrogen-bond donors (Lipinski definition) is 2. The number of nitrogens with two attached hydrogens (primary N) is 1. The minimum Gasteiger partial charge on any atom is -0.396 e. The molecular formula is C15H11N5. The molecule has 3 N–H and O–H groups in total. The second-order valence-corrected chi connectivity index (χ2v) is 4.25. The molecular weight excluding hydrogens is 250 g/mol. The highest BCUT2D eigenvalue weighted by atomic mass is 15.0. The number of pyridine rings is 2. The summed E-state index contributed by atoms with van der Waals surface area (Å²) in [5.41, 5.74) is 8.03. The molecule has 5 heteroatoms. The van der Waals surface area contributed by atoms with Crippen LogP contribution in [0.15, 0.2) is 48.7 Å². The summed E-state index contributed by atoms with van der Waals surface area (Å²) in [7, 11) is 0. The zero-order valence-electron chi connectivity index (χ0n) is 10.5. The lowest BCUT2D eigenvalue weighted by atomic mass is 10.2. The van der Waals surface area contributed by atoms with E-state index in [4.69, 9.17) is 11.0 Å². The van der Waals surface area contributed by atoms with Gasteiger partial charge < -0.3 is 11.1 Å². The number of benzene rings is 1. The largest absolute Gasteiger partial charge is 0.396 e. The van der Waals surface area contributed by atoms with E-state index in [1.807, 2.05) is 36.4 Å². The van der Waals surface area contributed by atoms with E-state index in [0.29, 0.717) is 11.5 Å². The van der Waals surface area contributed by atoms with Crippen LogP contribution in [0.2, 0.25) is 0 Å². The van der Waals surface area contributed by atoms with E-state index in [1.165, 1.54) is 0 Å². The Hall–Kier alpha value is -3.13. The van der Waals surface area contributed by atoms with Crippen molar-refractivity contribution in [3.8, 4) is 6.07 Å². The lowest BCUT2D eigenvalue weighted by Gasteiger charge is -2.09. The third-order valence-corrected chi connectivity index (χ3v) is 2.94. The van der Waals surface area contributed by atoms with Crippen molar-refractivity contribution in [3.05, 3.63) is 54.4 Å². The first-order valence-corrected chi connectivity index (χ1v) is 6.05. The predicted molar refractivity (Wildman–Crippen MR) is 78.4 cm³/mol. The molecule has 0 aliphatic rings. The molecule has 0 unspecified atom stereocenters. The van der Waals surface area contributed by atoms with Gasteiger partial charge in [0, 0.05) is 17.3 Å². The van der Waals surface area contributed by atoms with Gasteiger partial charge >= 0.3 is 0 Å². The molecule has 20 heavy (non-hydrogen) atoms. The highest BCUT2D eigenvalue weighted by Crippen LogP contribution is 2.25. The minimum atomic E-state index is 0.216. The summed E-state index contributed by atoms with van der Waals surface area (Å²) >= 11 is 0. The second kappa shape index (κ2) is 4.86. The van der Waals surface area contributed by atoms with E-state index in [9.17, 15) is 0 Å². The molecule has 0 fully saturated rings. The standard InChI is InChI=1S/C15H11N5/c16-9-14-11(17)6-7-15(20-14)19-13-5-1-4-12-10(13)3-2-8-18-12/h1-8H,17H2,(H,19,20). The Morgan fingerprint density at radius 3 is 2.85 bits per heavy atom. The lowest BCUT2D eigenvalue weighted by molar-refractivity contribution is 1.26. The summed E-state index contributed by atoms with van der Waals surface area (Å²) in [6.45, 7) is 0. The SMILES string of the molecule is N#Cc1nc(Nc2cccc3ncccc23)ccc1N. The average Bonchev–Trinajstić information content (AvgIpc) is 2.49. The van der Waals surface area contributed by atoms with E-state index in [0.717, 1.165) is 16.6 Å². The first-order chi connectivity index (χ1) is 9.78. The molecule has 0 spiro atoms. The van der Waals surface area contributed by atoms with Crippen LogP contribution in [0.3, 0.4) is 0 Å². The summed E-state index contributed by atoms with van der Waals surface area (Å²) in [5, 5.41) is 13.1. The predicted octanol–water partition coefficient (Wildman–Crippen LogP) is 2.83. The third-order valence-electron chi connectivity index (χ3n) is 2.94. The van der Waals surface area contributed by atoms with Gasteiger partial charge in [0.1, 0.15) is 11.9 Å². The minimum absolute atomic E-state index is 0.216. The molecule has 5 nitrogen and oxygen atoms in total. The van der Waals surface area contributed by atoms with E-state index >= 15 is 0 Å². The number of anilines is 3. The van der Waals surface area contributed by atoms with Gasteiger partial charge in [0.15, 0.2) is 5.69 Å². The summed E-state index contributed by atoms with van der Waals surface area (Å²) in [6, 6.07) is 15.0. The second-order valence-electron chi connectivity index (χ2n) is 4.25. The van der Waals surface area contributed by atoms with Gasteiger partial charge in [0.25, 0.3) is 0 Å². The van der Waals surface area contributed by atoms with Crippen molar-refractivity contribution in [1.82, 2.24) is 9.97 Å². The van der Waals surface area contributed by atoms with Crippen LogP contribution in [0.1, 0.15) is 5.69 Å². The van der Waals surface area contributed by atoms with Crippen molar-refractivity contribution in [2.24, 2.45) is 0 Å². The van der Waals surface area contributed by atoms with Crippen LogP contribution in [0.4, 0.5) is 17.2 Å². The lowest BCUT2D eigenvalue weighted by Crippen LogP contribution is -1.99. The summed E-state index contributed by atoms with van der Waals surface area (Å²) in [4.78, 5) is 8.47. The molecule has 1 aromatic carbocycles. The van der Waals surface area contributed by atoms with Crippen molar-refractivity contribution >= 4 is 28.1 Å². The fourth-order valence-corrected chi connectivity index (χ4v) is 1.98. The van der Waals surface area contributed by atoms with Gasteiger partial charge in [-0.2, -0.15) is 5.26 Å². The molecule has 0 aliphatic heterocycles. The van der Waals surface area contributed by atoms with Gasteiger partial charge in [-0.3, -0.25) is 4.98 Å². The van der Waals surface area contributed by atoms with Crippen LogP contribution in [-0.4, -0.2) is 9.97 Å². The number of fused-ring (bicyclic) bond motifs is 1. The number of nitrogen functional groups attached to an aromatic ring is 1. The summed E-state index contributed by atoms with van der Waals surface area (Å²) in [5.74, 6) is 0.576. The fraction of sp³-hybridized carbons (Fsp3) is 0. The van der Waals surface area contributed by atoms with E-state index < -0.39 is 0 Å². The fourth-order valence-electron chi connectivity index (χ4n) is 1.98. The van der Waals surface area contributed by atoms with Crippen LogP contribution in [0, 0.1) is 11.3 Å². The molecule has 0 radical (unpaired) electrons. The number of hydrogen-bond acceptors (Lipinski definition) is 5. The first kappa shape index (κ1) is 11.9. The average molecular weight is 261 g/mol. The van der Waals surface area contributed by atoms with Crippen LogP contribution < -0.4 is 11.1 Å². The first-order valence-electron chi connectivity index (χ1n) is 6.05. The normalized spacial score (nSPS) is 10.2. The molecule has 0 saturated heterocycles. The molecule has 96 valence electrons. The number of rotatable bonds is 2. The molecule has 3 aromatic rings. The molecule has 0 aliphatic carbocycles. The number of nitrogens with one attached hydrogen (secondary N) is 1. The molecule has 0 amide bonds. The highest BCUT2D eigenvalue weighted by Gasteiger charge is 2.05. The Labute approximate surface area is 115 Å². The highest BCUT2D eigenvalue weighted by molar-refractivity contribution is 5.92. The van der Waals surface area contributed by atoms with Crippen molar-refractivity contribution in [3.63, 3.8) is 0 Å². The smallest absolute Gasteiger partial charge is 0.165 e. The van der Waals surface area contributed by atoms with Crippen molar-refractivity contribution in [2.45, 2.75) is 0 Å². The Balaban J connectivity index is 2.04. The van der Waals surface area contributed by atoms with Gasteiger partial charge in [-0.05, 0) is 36.4 Å². The van der Waals surface area contributed by atoms with Crippen molar-refractivity contribution in [1.29, 1.82) is 5.26 Å². The molecule has 3 rings (SSSR count). The summed E-state index contributed by atoms with van der Waals surface area (Å²) < 4.78 is 0. The summed E-state index contributed by atoms with van der Waals surface area (Å²) in [6.07, 6.45) is 1.75. The van der Waals surface area contributed by atoms with Gasteiger partial charge in [-0.25, -0.2) is 4.98 Å². The zero-order valence-corrected chi connectivity index (χ0v) is 10.5. The maximum atomic E-state index is 8.95. The topological polar surface area (TPSA) is 87.6 Å². The van der Waals surface area contributed by atoms with Gasteiger partial charge in [-0.15, -0.1) is 0 Å². The van der Waals surface area contributed by atoms with Gasteiger partial charge in [-0.1, -0.05) is 6.07 Å². The van der Waals surface area contributed by atoms with Crippen molar-refractivity contribution in [2.75, 3.05) is 11.1 Å². The Kier molecular flexibility index (Phi) is 2.90. The van der Waals surface area contributed by atoms with Gasteiger partial charge in [0.2, 0.25) is 0 Å². The van der Waals surface area contributed by atoms with E-state index in [2.05, 4.69) is 15.3 Å². The van der Waals surface area contributed by atoms with Crippen LogP contribution in [-0.2, 0) is 0 Å². The Bertz CT molecular complexity index is 815. The number of nitriles is 1. The van der Waals surface area contributed by atoms with Crippen LogP contribution in [0.5, 0.6) is 0 Å². The Morgan fingerprint density at radius 1 is 1.10 bits per heavy atom. The molecule has 0 bridgehead atoms. The molecule has 2 heterocycles. The maximum absolute atomic E-state index is 8.95. The third kappa shape index (κ3) is 2.10. The quantitative estimate of drug-likeness (QED) is 0.740. The van der Waals surface area contributed by atoms with Crippen molar-refractivity contribution < 1.29 is 0 Å². The number of aromatic nitrogens is 2.